The summed E-state index contributed by atoms with van der Waals surface area (Å²) in [6.45, 7) is 25.7. The molecule has 1 aromatic heterocycles. The lowest BCUT2D eigenvalue weighted by Gasteiger charge is -2.40. The van der Waals surface area contributed by atoms with Crippen molar-refractivity contribution >= 4 is 5.97 Å². The highest BCUT2D eigenvalue weighted by molar-refractivity contribution is 5.88. The molecule has 3 nitrogen and oxygen atoms in total. The van der Waals surface area contributed by atoms with Crippen LogP contribution in [0.2, 0.25) is 0 Å². The molecule has 0 saturated carbocycles. The van der Waals surface area contributed by atoms with E-state index in [4.69, 9.17) is 4.98 Å². The van der Waals surface area contributed by atoms with Crippen molar-refractivity contribution in [3.05, 3.63) is 28.1 Å². The summed E-state index contributed by atoms with van der Waals surface area (Å²) < 4.78 is 0. The van der Waals surface area contributed by atoms with Crippen LogP contribution >= 0.6 is 0 Å². The number of aromatic carboxylic acids is 1. The third-order valence-electron chi connectivity index (χ3n) is 4.36. The average Bonchev–Trinajstić information content (AvgIpc) is 2.31. The molecule has 3 heteroatoms. The van der Waals surface area contributed by atoms with Gasteiger partial charge < -0.3 is 5.11 Å². The number of carbonyl (C=O) groups is 1. The minimum atomic E-state index is -0.943. The van der Waals surface area contributed by atoms with Gasteiger partial charge in [-0.05, 0) is 32.9 Å². The van der Waals surface area contributed by atoms with Gasteiger partial charge in [0.1, 0.15) is 0 Å². The van der Waals surface area contributed by atoms with Gasteiger partial charge in [-0.15, -0.1) is 0 Å². The molecule has 0 atom stereocenters. The van der Waals surface area contributed by atoms with Gasteiger partial charge in [-0.2, -0.15) is 0 Å². The van der Waals surface area contributed by atoms with Crippen molar-refractivity contribution in [3.8, 4) is 0 Å². The van der Waals surface area contributed by atoms with Crippen molar-refractivity contribution < 1.29 is 9.90 Å². The Morgan fingerprint density at radius 3 is 1.24 bits per heavy atom. The lowest BCUT2D eigenvalue weighted by Crippen LogP contribution is -2.35. The maximum absolute atomic E-state index is 12.1. The molecule has 1 heterocycles. The third kappa shape index (κ3) is 4.43. The highest BCUT2D eigenvalue weighted by Crippen LogP contribution is 2.45. The largest absolute Gasteiger partial charge is 0.477 e. The van der Waals surface area contributed by atoms with Crippen molar-refractivity contribution in [2.24, 2.45) is 0 Å². The molecule has 0 radical (unpaired) electrons. The van der Waals surface area contributed by atoms with Gasteiger partial charge in [0.15, 0.2) is 5.69 Å². The Bertz CT molecular complexity index is 672. The van der Waals surface area contributed by atoms with Gasteiger partial charge >= 0.3 is 5.97 Å². The van der Waals surface area contributed by atoms with Crippen molar-refractivity contribution in [1.82, 2.24) is 4.98 Å². The summed E-state index contributed by atoms with van der Waals surface area (Å²) in [7, 11) is 0. The minimum Gasteiger partial charge on any atom is -0.477 e. The molecule has 25 heavy (non-hydrogen) atoms. The molecule has 0 bridgehead atoms. The molecule has 0 fully saturated rings. The predicted octanol–water partition coefficient (Wildman–Crippen LogP) is 5.97. The van der Waals surface area contributed by atoms with Crippen LogP contribution in [-0.4, -0.2) is 16.1 Å². The summed E-state index contributed by atoms with van der Waals surface area (Å²) in [5, 5.41) is 9.94. The summed E-state index contributed by atoms with van der Waals surface area (Å²) >= 11 is 0. The molecule has 0 aliphatic carbocycles. The maximum atomic E-state index is 12.1. The van der Waals surface area contributed by atoms with E-state index in [2.05, 4.69) is 83.1 Å². The van der Waals surface area contributed by atoms with Gasteiger partial charge in [0, 0.05) is 5.41 Å². The second-order valence-electron chi connectivity index (χ2n) is 11.2. The number of nitrogens with zero attached hydrogens (tertiary/aromatic N) is 1. The molecule has 0 aliphatic rings. The molecule has 0 aliphatic heterocycles. The highest BCUT2D eigenvalue weighted by atomic mass is 16.4. The number of carboxylic acid groups (broad SMARTS) is 1. The van der Waals surface area contributed by atoms with Crippen LogP contribution in [0.25, 0.3) is 0 Å². The van der Waals surface area contributed by atoms with Gasteiger partial charge in [-0.25, -0.2) is 9.78 Å². The quantitative estimate of drug-likeness (QED) is 0.681. The lowest BCUT2D eigenvalue weighted by molar-refractivity contribution is 0.0686. The molecule has 1 aromatic rings. The zero-order valence-electron chi connectivity index (χ0n) is 18.3. The van der Waals surface area contributed by atoms with Crippen LogP contribution in [-0.2, 0) is 21.7 Å². The van der Waals surface area contributed by atoms with E-state index < -0.39 is 5.97 Å². The van der Waals surface area contributed by atoms with E-state index in [-0.39, 0.29) is 27.4 Å². The fourth-order valence-corrected chi connectivity index (χ4v) is 3.49. The molecule has 1 rings (SSSR count). The van der Waals surface area contributed by atoms with Crippen LogP contribution in [0.4, 0.5) is 0 Å². The second kappa shape index (κ2) is 6.10. The van der Waals surface area contributed by atoms with Gasteiger partial charge in [0.2, 0.25) is 0 Å². The molecule has 0 saturated heterocycles. The predicted molar refractivity (Wildman–Crippen MR) is 106 cm³/mol. The Kier molecular flexibility index (Phi) is 5.29. The summed E-state index contributed by atoms with van der Waals surface area (Å²) in [6.07, 6.45) is 0. The van der Waals surface area contributed by atoms with Crippen LogP contribution < -0.4 is 0 Å². The van der Waals surface area contributed by atoms with Crippen molar-refractivity contribution in [1.29, 1.82) is 0 Å². The van der Waals surface area contributed by atoms with Crippen LogP contribution in [0, 0.1) is 0 Å². The molecule has 0 amide bonds. The van der Waals surface area contributed by atoms with Crippen LogP contribution in [0.3, 0.4) is 0 Å². The van der Waals surface area contributed by atoms with Crippen molar-refractivity contribution in [3.63, 3.8) is 0 Å². The van der Waals surface area contributed by atoms with Gasteiger partial charge in [-0.1, -0.05) is 83.1 Å². The first-order valence-corrected chi connectivity index (χ1v) is 9.12. The zero-order valence-corrected chi connectivity index (χ0v) is 18.3. The van der Waals surface area contributed by atoms with E-state index in [1.54, 1.807) is 0 Å². The highest BCUT2D eigenvalue weighted by Gasteiger charge is 2.40. The van der Waals surface area contributed by atoms with E-state index in [9.17, 15) is 9.90 Å². The number of rotatable bonds is 1. The van der Waals surface area contributed by atoms with Crippen LogP contribution in [0.5, 0.6) is 0 Å². The van der Waals surface area contributed by atoms with Crippen molar-refractivity contribution in [2.75, 3.05) is 0 Å². The smallest absolute Gasteiger partial charge is 0.354 e. The molecule has 0 spiro atoms. The van der Waals surface area contributed by atoms with E-state index in [1.807, 2.05) is 0 Å². The summed E-state index contributed by atoms with van der Waals surface area (Å²) in [5.41, 5.74) is 3.46. The topological polar surface area (TPSA) is 50.2 Å². The molecular formula is C22H37NO2. The number of hydrogen-bond donors (Lipinski definition) is 1. The molecular weight excluding hydrogens is 310 g/mol. The Labute approximate surface area is 154 Å². The number of carboxylic acids is 1. The van der Waals surface area contributed by atoms with E-state index in [0.29, 0.717) is 0 Å². The van der Waals surface area contributed by atoms with E-state index >= 15 is 0 Å². The molecule has 142 valence electrons. The standard InChI is InChI=1S/C22H37NO2/c1-19(2,3)13-14(20(4,5)6)16(18(24)25)23-17(22(10,11)12)15(13)21(7,8)9/h1-12H3,(H,24,25). The SMILES string of the molecule is CC(C)(C)c1nc(C(=O)O)c(C(C)(C)C)c(C(C)(C)C)c1C(C)(C)C. The summed E-state index contributed by atoms with van der Waals surface area (Å²) in [4.78, 5) is 16.9. The average molecular weight is 348 g/mol. The molecule has 0 aromatic carbocycles. The van der Waals surface area contributed by atoms with Crippen LogP contribution in [0.15, 0.2) is 0 Å². The fraction of sp³-hybridized carbons (Fsp3) is 0.727. The van der Waals surface area contributed by atoms with E-state index in [1.165, 1.54) is 5.56 Å². The maximum Gasteiger partial charge on any atom is 0.354 e. The monoisotopic (exact) mass is 347 g/mol. The first kappa shape index (κ1) is 21.7. The van der Waals surface area contributed by atoms with Gasteiger partial charge in [0.05, 0.1) is 5.69 Å². The molecule has 1 N–H and O–H groups in total. The first-order chi connectivity index (χ1) is 10.8. The summed E-state index contributed by atoms with van der Waals surface area (Å²) in [5.74, 6) is -0.943. The van der Waals surface area contributed by atoms with Crippen molar-refractivity contribution in [2.45, 2.75) is 105 Å². The Morgan fingerprint density at radius 2 is 1.00 bits per heavy atom. The zero-order chi connectivity index (χ0) is 20.2. The Balaban J connectivity index is 4.36. The fourth-order valence-electron chi connectivity index (χ4n) is 3.49. The first-order valence-electron chi connectivity index (χ1n) is 9.12. The normalized spacial score (nSPS) is 13.9. The number of pyridine rings is 1. The van der Waals surface area contributed by atoms with Gasteiger partial charge in [-0.3, -0.25) is 0 Å². The van der Waals surface area contributed by atoms with E-state index in [0.717, 1.165) is 16.8 Å². The second-order valence-corrected chi connectivity index (χ2v) is 11.2. The minimum absolute atomic E-state index is 0.130. The lowest BCUT2D eigenvalue weighted by atomic mass is 9.65. The van der Waals surface area contributed by atoms with Crippen LogP contribution in [0.1, 0.15) is 116 Å². The Hall–Kier alpha value is -1.38. The number of hydrogen-bond acceptors (Lipinski definition) is 2. The third-order valence-corrected chi connectivity index (χ3v) is 4.36. The summed E-state index contributed by atoms with van der Waals surface area (Å²) in [6, 6.07) is 0. The Morgan fingerprint density at radius 1 is 0.640 bits per heavy atom. The van der Waals surface area contributed by atoms with Gasteiger partial charge in [0.25, 0.3) is 0 Å². The molecule has 0 unspecified atom stereocenters. The number of aromatic nitrogens is 1.